The lowest BCUT2D eigenvalue weighted by molar-refractivity contribution is -0.144. The van der Waals surface area contributed by atoms with Gasteiger partial charge in [0.25, 0.3) is 5.56 Å². The summed E-state index contributed by atoms with van der Waals surface area (Å²) in [4.78, 5) is 18.4. The number of nitrogens with zero attached hydrogens (tertiary/aromatic N) is 4. The zero-order valence-corrected chi connectivity index (χ0v) is 16.3. The number of thiazole rings is 1. The van der Waals surface area contributed by atoms with Gasteiger partial charge in [-0.1, -0.05) is 0 Å². The summed E-state index contributed by atoms with van der Waals surface area (Å²) >= 11 is 1.31. The molecule has 3 aromatic heterocycles. The van der Waals surface area contributed by atoms with Crippen molar-refractivity contribution in [2.45, 2.75) is 38.4 Å². The van der Waals surface area contributed by atoms with E-state index in [4.69, 9.17) is 5.11 Å². The Kier molecular flexibility index (Phi) is 4.99. The minimum absolute atomic E-state index is 0.00604. The molecule has 0 aliphatic heterocycles. The van der Waals surface area contributed by atoms with E-state index in [2.05, 4.69) is 10.1 Å². The molecule has 4 rings (SSSR count). The van der Waals surface area contributed by atoms with Crippen LogP contribution in [0.5, 0.6) is 0 Å². The monoisotopic (exact) mass is 428 g/mol. The van der Waals surface area contributed by atoms with Crippen molar-refractivity contribution in [1.29, 1.82) is 0 Å². The van der Waals surface area contributed by atoms with E-state index in [1.54, 1.807) is 0 Å². The van der Waals surface area contributed by atoms with Gasteiger partial charge in [0.05, 0.1) is 17.9 Å². The number of aryl methyl sites for hydroxylation is 1. The number of hydrogen-bond acceptors (Lipinski definition) is 6. The third-order valence-electron chi connectivity index (χ3n) is 5.10. The molecule has 7 nitrogen and oxygen atoms in total. The summed E-state index contributed by atoms with van der Waals surface area (Å²) in [5.41, 5.74) is -0.176. The van der Waals surface area contributed by atoms with Gasteiger partial charge in [0, 0.05) is 42.2 Å². The van der Waals surface area contributed by atoms with Crippen molar-refractivity contribution < 1.29 is 23.4 Å². The predicted octanol–water partition coefficient (Wildman–Crippen LogP) is 1.96. The standard InChI is InChI=1S/C18H19F3N4O3S/c1-9-16(13-4-10(13)8-27)25-15(28)6-12(22-17(25)29-9)7-24-14(18(19,20)21)5-11(23-24)2-3-26/h5-6,10,13,26-27H,2-4,7-8H2,1H3. The Morgan fingerprint density at radius 3 is 2.66 bits per heavy atom. The number of fused-ring (bicyclic) bond motifs is 1. The van der Waals surface area contributed by atoms with E-state index < -0.39 is 11.9 Å². The molecule has 0 spiro atoms. The number of halogens is 3. The summed E-state index contributed by atoms with van der Waals surface area (Å²) in [5.74, 6) is 0.226. The second-order valence-corrected chi connectivity index (χ2v) is 8.36. The van der Waals surface area contributed by atoms with E-state index in [-0.39, 0.29) is 55.0 Å². The second-order valence-electron chi connectivity index (χ2n) is 7.18. The molecule has 1 fully saturated rings. The highest BCUT2D eigenvalue weighted by molar-refractivity contribution is 7.17. The zero-order chi connectivity index (χ0) is 20.9. The minimum atomic E-state index is -4.61. The van der Waals surface area contributed by atoms with E-state index >= 15 is 0 Å². The van der Waals surface area contributed by atoms with Gasteiger partial charge in [-0.25, -0.2) is 4.98 Å². The van der Waals surface area contributed by atoms with Crippen LogP contribution < -0.4 is 5.56 Å². The number of hydrogen-bond donors (Lipinski definition) is 2. The van der Waals surface area contributed by atoms with Gasteiger partial charge in [0.1, 0.15) is 5.69 Å². The largest absolute Gasteiger partial charge is 0.433 e. The normalized spacial score (nSPS) is 19.2. The Bertz CT molecular complexity index is 1120. The summed E-state index contributed by atoms with van der Waals surface area (Å²) in [6.45, 7) is 1.31. The Hall–Kier alpha value is -2.24. The van der Waals surface area contributed by atoms with E-state index in [1.165, 1.54) is 21.8 Å². The van der Waals surface area contributed by atoms with Crippen LogP contribution in [0.15, 0.2) is 16.9 Å². The van der Waals surface area contributed by atoms with Crippen LogP contribution in [0.3, 0.4) is 0 Å². The fourth-order valence-corrected chi connectivity index (χ4v) is 4.71. The maximum Gasteiger partial charge on any atom is 0.433 e. The van der Waals surface area contributed by atoms with Gasteiger partial charge in [-0.2, -0.15) is 18.3 Å². The Balaban J connectivity index is 1.72. The molecular formula is C18H19F3N4O3S. The minimum Gasteiger partial charge on any atom is -0.396 e. The Labute approximate surface area is 167 Å². The molecule has 1 saturated carbocycles. The molecule has 2 N–H and O–H groups in total. The van der Waals surface area contributed by atoms with Gasteiger partial charge in [0.15, 0.2) is 4.96 Å². The lowest BCUT2D eigenvalue weighted by atomic mass is 10.2. The highest BCUT2D eigenvalue weighted by atomic mass is 32.1. The SMILES string of the molecule is Cc1sc2nc(Cn3nc(CCO)cc3C(F)(F)F)cc(=O)n2c1C1CC1CO. The highest BCUT2D eigenvalue weighted by Crippen LogP contribution is 2.49. The van der Waals surface area contributed by atoms with Crippen LogP contribution in [0.25, 0.3) is 4.96 Å². The number of alkyl halides is 3. The van der Waals surface area contributed by atoms with Crippen LogP contribution in [0.4, 0.5) is 13.2 Å². The maximum absolute atomic E-state index is 13.3. The van der Waals surface area contributed by atoms with E-state index in [0.29, 0.717) is 4.96 Å². The Morgan fingerprint density at radius 2 is 2.03 bits per heavy atom. The van der Waals surface area contributed by atoms with Gasteiger partial charge in [-0.15, -0.1) is 11.3 Å². The van der Waals surface area contributed by atoms with Gasteiger partial charge in [0.2, 0.25) is 0 Å². The molecule has 0 bridgehead atoms. The first-order chi connectivity index (χ1) is 13.7. The average molecular weight is 428 g/mol. The lowest BCUT2D eigenvalue weighted by Crippen LogP contribution is -2.20. The molecule has 3 heterocycles. The molecule has 2 atom stereocenters. The summed E-state index contributed by atoms with van der Waals surface area (Å²) in [6, 6.07) is 2.13. The summed E-state index contributed by atoms with van der Waals surface area (Å²) in [7, 11) is 0. The molecule has 11 heteroatoms. The van der Waals surface area contributed by atoms with Crippen LogP contribution in [-0.2, 0) is 19.1 Å². The van der Waals surface area contributed by atoms with E-state index in [1.807, 2.05) is 6.92 Å². The van der Waals surface area contributed by atoms with Crippen molar-refractivity contribution in [3.8, 4) is 0 Å². The zero-order valence-electron chi connectivity index (χ0n) is 15.5. The molecule has 0 aromatic carbocycles. The smallest absolute Gasteiger partial charge is 0.396 e. The van der Waals surface area contributed by atoms with Crippen LogP contribution in [0.1, 0.15) is 40.0 Å². The summed E-state index contributed by atoms with van der Waals surface area (Å²) < 4.78 is 42.3. The van der Waals surface area contributed by atoms with Gasteiger partial charge in [-0.05, 0) is 25.3 Å². The van der Waals surface area contributed by atoms with Crippen LogP contribution in [0.2, 0.25) is 0 Å². The highest BCUT2D eigenvalue weighted by Gasteiger charge is 2.41. The van der Waals surface area contributed by atoms with Crippen molar-refractivity contribution >= 4 is 16.3 Å². The quantitative estimate of drug-likeness (QED) is 0.626. The van der Waals surface area contributed by atoms with Gasteiger partial charge in [-0.3, -0.25) is 13.9 Å². The fourth-order valence-electron chi connectivity index (χ4n) is 3.64. The molecule has 0 radical (unpaired) electrons. The van der Waals surface area contributed by atoms with E-state index in [0.717, 1.165) is 27.7 Å². The summed E-state index contributed by atoms with van der Waals surface area (Å²) in [5, 5.41) is 22.2. The molecule has 156 valence electrons. The number of rotatable bonds is 6. The molecule has 1 aliphatic carbocycles. The van der Waals surface area contributed by atoms with Crippen molar-refractivity contribution in [1.82, 2.24) is 19.2 Å². The van der Waals surface area contributed by atoms with Crippen molar-refractivity contribution in [3.63, 3.8) is 0 Å². The van der Waals surface area contributed by atoms with Crippen LogP contribution >= 0.6 is 11.3 Å². The van der Waals surface area contributed by atoms with Crippen LogP contribution in [-0.4, -0.2) is 42.6 Å². The third-order valence-corrected chi connectivity index (χ3v) is 6.07. The average Bonchev–Trinajstić information content (AvgIpc) is 3.16. The molecular weight excluding hydrogens is 409 g/mol. The Morgan fingerprint density at radius 1 is 1.28 bits per heavy atom. The predicted molar refractivity (Wildman–Crippen MR) is 99.1 cm³/mol. The van der Waals surface area contributed by atoms with Gasteiger partial charge >= 0.3 is 6.18 Å². The number of aliphatic hydroxyl groups is 2. The molecule has 0 saturated heterocycles. The molecule has 3 aromatic rings. The number of aromatic nitrogens is 4. The van der Waals surface area contributed by atoms with Crippen molar-refractivity contribution in [3.05, 3.63) is 50.1 Å². The summed E-state index contributed by atoms with van der Waals surface area (Å²) in [6.07, 6.45) is -3.81. The number of aliphatic hydroxyl groups excluding tert-OH is 2. The van der Waals surface area contributed by atoms with Crippen molar-refractivity contribution in [2.24, 2.45) is 5.92 Å². The second kappa shape index (κ2) is 7.22. The van der Waals surface area contributed by atoms with E-state index in [9.17, 15) is 23.1 Å². The third kappa shape index (κ3) is 3.69. The first-order valence-electron chi connectivity index (χ1n) is 9.10. The molecule has 29 heavy (non-hydrogen) atoms. The van der Waals surface area contributed by atoms with Crippen LogP contribution in [0, 0.1) is 12.8 Å². The first kappa shape index (κ1) is 20.0. The fraction of sp³-hybridized carbons (Fsp3) is 0.500. The first-order valence-corrected chi connectivity index (χ1v) is 9.92. The topological polar surface area (TPSA) is 92.6 Å². The maximum atomic E-state index is 13.3. The molecule has 2 unspecified atom stereocenters. The lowest BCUT2D eigenvalue weighted by Gasteiger charge is -2.10. The molecule has 0 amide bonds. The molecule has 1 aliphatic rings. The van der Waals surface area contributed by atoms with Crippen molar-refractivity contribution in [2.75, 3.05) is 13.2 Å². The van der Waals surface area contributed by atoms with Gasteiger partial charge < -0.3 is 10.2 Å².